The van der Waals surface area contributed by atoms with E-state index in [1.54, 1.807) is 0 Å². The van der Waals surface area contributed by atoms with E-state index in [-0.39, 0.29) is 44.1 Å². The van der Waals surface area contributed by atoms with E-state index >= 15 is 0 Å². The Bertz CT molecular complexity index is 2250. The van der Waals surface area contributed by atoms with Gasteiger partial charge in [-0.05, 0) is 97.5 Å². The van der Waals surface area contributed by atoms with Crippen LogP contribution in [0.2, 0.25) is 6.82 Å². The van der Waals surface area contributed by atoms with Crippen LogP contribution in [-0.2, 0) is 37.3 Å². The van der Waals surface area contributed by atoms with E-state index in [9.17, 15) is 65.9 Å². The summed E-state index contributed by atoms with van der Waals surface area (Å²) in [6.07, 6.45) is 11.6. The minimum absolute atomic E-state index is 0. The van der Waals surface area contributed by atoms with Gasteiger partial charge in [0.05, 0.1) is 0 Å². The summed E-state index contributed by atoms with van der Waals surface area (Å²) in [5, 5.41) is 0. The first kappa shape index (κ1) is 56.5. The number of rotatable bonds is 9. The Morgan fingerprint density at radius 1 is 0.382 bits per heavy atom. The van der Waals surface area contributed by atoms with Gasteiger partial charge in [0, 0.05) is 22.9 Å². The Kier molecular flexibility index (Phi) is 18.6. The van der Waals surface area contributed by atoms with E-state index in [1.165, 1.54) is 23.0 Å². The molecule has 2 fully saturated rings. The van der Waals surface area contributed by atoms with Gasteiger partial charge in [0.2, 0.25) is 0 Å². The molecule has 2 atom stereocenters. The zero-order chi connectivity index (χ0) is 50.1. The summed E-state index contributed by atoms with van der Waals surface area (Å²) >= 11 is 0. The number of benzene rings is 5. The summed E-state index contributed by atoms with van der Waals surface area (Å²) in [6.45, 7) is 4.25. The molecule has 0 aliphatic heterocycles. The zero-order valence-corrected chi connectivity index (χ0v) is 39.2. The summed E-state index contributed by atoms with van der Waals surface area (Å²) in [6, 6.07) is 21.1. The quantitative estimate of drug-likeness (QED) is 0.0477. The molecule has 5 aromatic carbocycles. The first-order valence-electron chi connectivity index (χ1n) is 19.9. The molecule has 2 unspecified atom stereocenters. The van der Waals surface area contributed by atoms with E-state index in [1.807, 2.05) is 18.0 Å². The molecule has 5 aromatic rings. The Morgan fingerprint density at radius 2 is 0.603 bits per heavy atom. The van der Waals surface area contributed by atoms with Crippen LogP contribution >= 0.6 is 0 Å². The second-order valence-electron chi connectivity index (χ2n) is 16.1. The van der Waals surface area contributed by atoms with E-state index < -0.39 is 110 Å². The average molecular weight is 1040 g/mol. The van der Waals surface area contributed by atoms with Gasteiger partial charge in [-0.1, -0.05) is 60.7 Å². The van der Waals surface area contributed by atoms with Crippen LogP contribution in [0.1, 0.15) is 25.0 Å². The summed E-state index contributed by atoms with van der Waals surface area (Å²) in [5.41, 5.74) is -5.52. The van der Waals surface area contributed by atoms with Crippen molar-refractivity contribution in [2.45, 2.75) is 31.7 Å². The van der Waals surface area contributed by atoms with Gasteiger partial charge in [-0.3, -0.25) is 11.9 Å². The molecule has 2 nitrogen and oxygen atoms in total. The summed E-state index contributed by atoms with van der Waals surface area (Å²) in [5.74, 6) is -42.5. The SMILES string of the molecule is CN(C)C(C)([C]1[CH][CH][CH][CH]1)c1ccccc1.C[B-](c1c(F)c(F)c(F)c(F)c1F)(c1c(F)c(F)c(F)c(F)c1F)c1c(F)c(F)c(F)c(F)c1F.[CH2-]N(C)C(C)([C]1[CH][CH][CH][CH]1)c1ccccc1.[Zr+4]. The predicted octanol–water partition coefficient (Wildman–Crippen LogP) is 10.8. The van der Waals surface area contributed by atoms with Crippen LogP contribution in [0.25, 0.3) is 0 Å². The average Bonchev–Trinajstić information content (AvgIpc) is 4.08. The maximum absolute atomic E-state index is 14.6. The van der Waals surface area contributed by atoms with Crippen LogP contribution in [0.5, 0.6) is 0 Å². The van der Waals surface area contributed by atoms with Gasteiger partial charge in [0.25, 0.3) is 0 Å². The molecule has 0 saturated heterocycles. The van der Waals surface area contributed by atoms with Crippen molar-refractivity contribution >= 4 is 22.5 Å². The number of hydrogen-bond donors (Lipinski definition) is 0. The minimum atomic E-state index is -5.41. The van der Waals surface area contributed by atoms with Crippen LogP contribution in [0, 0.1) is 158 Å². The van der Waals surface area contributed by atoms with Crippen LogP contribution in [-0.4, -0.2) is 37.1 Å². The van der Waals surface area contributed by atoms with Gasteiger partial charge in [-0.25, -0.2) is 65.9 Å². The summed E-state index contributed by atoms with van der Waals surface area (Å²) < 4.78 is 212. The third kappa shape index (κ3) is 9.96. The predicted molar refractivity (Wildman–Crippen MR) is 224 cm³/mol. The van der Waals surface area contributed by atoms with Crippen molar-refractivity contribution in [1.29, 1.82) is 0 Å². The van der Waals surface area contributed by atoms with E-state index in [0.717, 1.165) is 0 Å². The number of halogens is 15. The topological polar surface area (TPSA) is 6.48 Å². The molecule has 7 rings (SSSR count). The summed E-state index contributed by atoms with van der Waals surface area (Å²) in [7, 11) is 10.3. The van der Waals surface area contributed by atoms with E-state index in [2.05, 4.69) is 146 Å². The van der Waals surface area contributed by atoms with Crippen molar-refractivity contribution < 1.29 is 92.1 Å². The van der Waals surface area contributed by atoms with Crippen molar-refractivity contribution in [3.8, 4) is 0 Å². The first-order chi connectivity index (χ1) is 31.3. The van der Waals surface area contributed by atoms with Gasteiger partial charge < -0.3 is 4.90 Å². The zero-order valence-electron chi connectivity index (χ0n) is 36.7. The third-order valence-corrected chi connectivity index (χ3v) is 12.2. The van der Waals surface area contributed by atoms with Crippen molar-refractivity contribution in [3.63, 3.8) is 0 Å². The van der Waals surface area contributed by atoms with Crippen molar-refractivity contribution in [2.24, 2.45) is 0 Å². The maximum Gasteiger partial charge on any atom is 4.00 e. The molecule has 0 amide bonds. The molecular formula is C49H38BF15N2Zr+2. The fourth-order valence-electron chi connectivity index (χ4n) is 8.03. The normalized spacial score (nSPS) is 16.2. The number of hydrogen-bond acceptors (Lipinski definition) is 2. The van der Waals surface area contributed by atoms with Gasteiger partial charge in [-0.15, -0.1) is 16.4 Å². The van der Waals surface area contributed by atoms with Gasteiger partial charge in [-0.2, -0.15) is 6.82 Å². The Morgan fingerprint density at radius 3 is 0.838 bits per heavy atom. The fraction of sp³-hybridized carbons (Fsp3) is 0.163. The monoisotopic (exact) mass is 1040 g/mol. The molecule has 0 aromatic heterocycles. The second kappa shape index (κ2) is 22.3. The molecule has 2 aliphatic carbocycles. The molecule has 0 bridgehead atoms. The molecule has 354 valence electrons. The molecule has 0 spiro atoms. The van der Waals surface area contributed by atoms with E-state index in [4.69, 9.17) is 0 Å². The molecule has 0 heterocycles. The van der Waals surface area contributed by atoms with Gasteiger partial charge in [0.15, 0.2) is 52.4 Å². The smallest absolute Gasteiger partial charge is 0.453 e. The van der Waals surface area contributed by atoms with Crippen LogP contribution in [0.4, 0.5) is 65.9 Å². The Balaban J connectivity index is 0.000000252. The molecule has 68 heavy (non-hydrogen) atoms. The molecular weight excluding hydrogens is 1000 g/mol. The van der Waals surface area contributed by atoms with Crippen molar-refractivity contribution in [2.75, 3.05) is 21.1 Å². The van der Waals surface area contributed by atoms with E-state index in [0.29, 0.717) is 0 Å². The molecule has 2 aliphatic rings. The summed E-state index contributed by atoms with van der Waals surface area (Å²) in [4.78, 5) is 4.27. The molecule has 2 saturated carbocycles. The Labute approximate surface area is 405 Å². The third-order valence-electron chi connectivity index (χ3n) is 12.2. The van der Waals surface area contributed by atoms with Crippen LogP contribution in [0.15, 0.2) is 60.7 Å². The fourth-order valence-corrected chi connectivity index (χ4v) is 8.03. The van der Waals surface area contributed by atoms with Crippen LogP contribution in [0.3, 0.4) is 0 Å². The molecule has 10 radical (unpaired) electrons. The van der Waals surface area contributed by atoms with Crippen LogP contribution < -0.4 is 16.4 Å². The molecule has 0 N–H and O–H groups in total. The maximum atomic E-state index is 14.6. The molecule has 19 heteroatoms. The second-order valence-corrected chi connectivity index (χ2v) is 16.1. The first-order valence-corrected chi connectivity index (χ1v) is 19.9. The standard InChI is InChI=1S/C19H3BF15.C15H18N.C15H17N.Zr/c1-20(2-5(21)11(27)17(33)12(28)6(2)22,3-7(23)13(29)18(34)14(30)8(3)24)4-9(25)15(31)19(35)16(32)10(4)26;2*1-15(16(2)3,14-11-7-8-12-14)13-9-5-4-6-10-13;/h1H3;4-12H,1-3H3;4-12H,2H2,1,3H3;/q-1;;-1;+4. The van der Waals surface area contributed by atoms with Gasteiger partial charge >= 0.3 is 26.2 Å². The Hall–Kier alpha value is -4.08. The van der Waals surface area contributed by atoms with Gasteiger partial charge in [0.1, 0.15) is 41.0 Å². The minimum Gasteiger partial charge on any atom is -0.453 e. The largest absolute Gasteiger partial charge is 4.00 e. The number of nitrogens with zero attached hydrogens (tertiary/aromatic N) is 2. The van der Waals surface area contributed by atoms with Crippen molar-refractivity contribution in [3.05, 3.63) is 229 Å². The van der Waals surface area contributed by atoms with Crippen molar-refractivity contribution in [1.82, 2.24) is 9.80 Å².